The maximum Gasteiger partial charge on any atom is 0.422 e. The highest BCUT2D eigenvalue weighted by molar-refractivity contribution is 6.26. The van der Waals surface area contributed by atoms with Gasteiger partial charge in [-0.1, -0.05) is 30.8 Å². The average Bonchev–Trinajstić information content (AvgIpc) is 2.05. The summed E-state index contributed by atoms with van der Waals surface area (Å²) in [5, 5.41) is 10.9. The van der Waals surface area contributed by atoms with Gasteiger partial charge >= 0.3 is 12.1 Å². The Kier molecular flexibility index (Phi) is 19.4. The van der Waals surface area contributed by atoms with Crippen LogP contribution in [0.25, 0.3) is 22.2 Å². The van der Waals surface area contributed by atoms with Crippen LogP contribution in [0.15, 0.2) is 73.6 Å². The van der Waals surface area contributed by atoms with Crippen molar-refractivity contribution in [1.29, 1.82) is 0 Å². The number of nitrogens with one attached hydrogen (secondary N) is 4. The molecular formula is C58H60F3N11O13. The molecule has 0 radical (unpaired) electrons. The van der Waals surface area contributed by atoms with Gasteiger partial charge in [0.1, 0.15) is 40.4 Å². The third kappa shape index (κ3) is 15.4. The van der Waals surface area contributed by atoms with Crippen LogP contribution in [0.4, 0.5) is 42.0 Å². The van der Waals surface area contributed by atoms with Crippen LogP contribution in [0, 0.1) is 0 Å². The van der Waals surface area contributed by atoms with Crippen LogP contribution in [0.2, 0.25) is 0 Å². The maximum absolute atomic E-state index is 13.7. The van der Waals surface area contributed by atoms with Gasteiger partial charge < -0.3 is 34.9 Å². The second-order valence-corrected chi connectivity index (χ2v) is 20.6. The predicted octanol–water partition coefficient (Wildman–Crippen LogP) is 5.96. The Hall–Kier alpha value is -9.53. The van der Waals surface area contributed by atoms with Crippen LogP contribution in [-0.2, 0) is 50.1 Å². The van der Waals surface area contributed by atoms with E-state index < -0.39 is 90.2 Å². The molecule has 1 atom stereocenters. The highest BCUT2D eigenvalue weighted by Gasteiger charge is 2.46. The maximum atomic E-state index is 13.7. The third-order valence-electron chi connectivity index (χ3n) is 14.1. The number of carbonyl (C=O) groups excluding carboxylic acids is 11. The number of ether oxygens (including phenoxy) is 2. The summed E-state index contributed by atoms with van der Waals surface area (Å²) in [5.41, 5.74) is 1.15. The highest BCUT2D eigenvalue weighted by atomic mass is 19.4. The highest BCUT2D eigenvalue weighted by Crippen LogP contribution is 2.39. The van der Waals surface area contributed by atoms with E-state index in [1.54, 1.807) is 24.9 Å². The van der Waals surface area contributed by atoms with Gasteiger partial charge in [-0.3, -0.25) is 63.1 Å². The minimum Gasteiger partial charge on any atom is -0.466 e. The number of piperazine rings is 1. The molecule has 0 saturated carbocycles. The minimum absolute atomic E-state index is 0.0227. The van der Waals surface area contributed by atoms with E-state index in [0.717, 1.165) is 21.9 Å². The first-order valence-electron chi connectivity index (χ1n) is 27.2. The van der Waals surface area contributed by atoms with E-state index in [1.807, 2.05) is 40.8 Å². The molecule has 0 bridgehead atoms. The minimum atomic E-state index is -4.78. The molecule has 6 amide bonds. The number of carbonyl (C=O) groups is 11. The van der Waals surface area contributed by atoms with Crippen molar-refractivity contribution in [1.82, 2.24) is 34.6 Å². The number of imide groups is 2. The summed E-state index contributed by atoms with van der Waals surface area (Å²) in [4.78, 5) is 158. The van der Waals surface area contributed by atoms with Crippen molar-refractivity contribution < 1.29 is 75.4 Å². The molecule has 3 aromatic heterocycles. The van der Waals surface area contributed by atoms with Crippen LogP contribution >= 0.6 is 0 Å². The number of halogens is 3. The van der Waals surface area contributed by atoms with E-state index in [0.29, 0.717) is 25.2 Å². The molecule has 3 aliphatic heterocycles. The van der Waals surface area contributed by atoms with Gasteiger partial charge in [-0.05, 0) is 50.6 Å². The number of benzene rings is 2. The zero-order valence-electron chi connectivity index (χ0n) is 46.6. The second kappa shape index (κ2) is 26.8. The van der Waals surface area contributed by atoms with Gasteiger partial charge in [-0.25, -0.2) is 14.8 Å². The lowest BCUT2D eigenvalue weighted by molar-refractivity contribution is -0.154. The molecule has 85 heavy (non-hydrogen) atoms. The number of anilines is 5. The summed E-state index contributed by atoms with van der Waals surface area (Å²) >= 11 is 0. The van der Waals surface area contributed by atoms with Gasteiger partial charge in [0.25, 0.3) is 11.8 Å². The molecule has 2 saturated heterocycles. The number of piperidine rings is 1. The van der Waals surface area contributed by atoms with Crippen molar-refractivity contribution in [3.63, 3.8) is 0 Å². The predicted molar refractivity (Wildman–Crippen MR) is 300 cm³/mol. The van der Waals surface area contributed by atoms with Crippen molar-refractivity contribution in [2.45, 2.75) is 96.4 Å². The zero-order valence-corrected chi connectivity index (χ0v) is 46.6. The largest absolute Gasteiger partial charge is 0.466 e. The third-order valence-corrected chi connectivity index (χ3v) is 14.1. The molecule has 24 nitrogen and oxygen atoms in total. The van der Waals surface area contributed by atoms with Gasteiger partial charge in [0.05, 0.1) is 40.7 Å². The van der Waals surface area contributed by atoms with E-state index >= 15 is 0 Å². The van der Waals surface area contributed by atoms with Crippen molar-refractivity contribution in [3.05, 3.63) is 90.3 Å². The molecule has 4 N–H and O–H groups in total. The summed E-state index contributed by atoms with van der Waals surface area (Å²) in [6.07, 6.45) is -3.11. The number of hydrogen-bond donors (Lipinski definition) is 4. The first kappa shape index (κ1) is 61.5. The first-order valence-corrected chi connectivity index (χ1v) is 27.2. The number of pyridine rings is 1. The summed E-state index contributed by atoms with van der Waals surface area (Å²) in [6.45, 7) is 6.67. The Balaban J connectivity index is 0.813. The van der Waals surface area contributed by atoms with Crippen LogP contribution < -0.4 is 30.9 Å². The number of hydrogen-bond acceptors (Lipinski definition) is 19. The van der Waals surface area contributed by atoms with Crippen LogP contribution in [0.3, 0.4) is 0 Å². The Bertz CT molecular complexity index is 3540. The van der Waals surface area contributed by atoms with Gasteiger partial charge in [0.15, 0.2) is 12.4 Å². The average molecular weight is 1180 g/mol. The van der Waals surface area contributed by atoms with E-state index in [9.17, 15) is 65.9 Å². The Morgan fingerprint density at radius 1 is 0.800 bits per heavy atom. The number of nitrogens with zero attached hydrogens (tertiary/aromatic N) is 7. The van der Waals surface area contributed by atoms with Crippen molar-refractivity contribution in [2.75, 3.05) is 60.2 Å². The SMILES string of the molecule is C=CC(=O)Nc1cc(Nc2ncc(C(=O)OC(C)C)c(-c3cn(C)c4ccccc34)n2)c(OCC(F)(F)F)nc1N1CCN(CCC(=O)CCC(=O)CCC(=O)CCC(=O)CC(=O)Nc2cccc3c2C(=O)N(C2CCC(=O)NC2=O)C3=O)CC1. The number of amides is 6. The second-order valence-electron chi connectivity index (χ2n) is 20.6. The molecule has 8 rings (SSSR count). The van der Waals surface area contributed by atoms with Crippen molar-refractivity contribution in [3.8, 4) is 17.1 Å². The van der Waals surface area contributed by atoms with Gasteiger partial charge in [0.2, 0.25) is 35.5 Å². The fourth-order valence-electron chi connectivity index (χ4n) is 9.84. The number of ketones is 4. The molecular weight excluding hydrogens is 1120 g/mol. The number of aromatic nitrogens is 4. The van der Waals surface area contributed by atoms with Crippen molar-refractivity contribution >= 4 is 104 Å². The molecule has 2 fully saturated rings. The lowest BCUT2D eigenvalue weighted by Gasteiger charge is -2.36. The lowest BCUT2D eigenvalue weighted by atomic mass is 10.0. The number of Topliss-reactive ketones (excluding diaryl/α,β-unsaturated/α-hetero) is 4. The number of para-hydroxylation sites is 1. The summed E-state index contributed by atoms with van der Waals surface area (Å²) in [7, 11) is 1.82. The molecule has 3 aliphatic rings. The standard InChI is InChI=1S/C58H60F3N11O13/c1-5-46(77)64-42-28-43(65-57-62-29-39(56(83)85-32(2)3)50(67-57)40-30-69(4)44-12-7-6-9-37(40)44)53(84-31-58(59,60)61)68-51(42)71-25-23-70(24-26-71)22-21-35(75)16-15-33(73)13-14-34(74)17-18-36(76)27-48(79)63-41-11-8-10-38-49(41)55(82)72(54(38)81)45-19-20-47(78)66-52(45)80/h5-12,28-30,32,45H,1,13-27,31H2,2-4H3,(H,63,79)(H,64,77)(H,62,65,67)(H,66,78,80). The smallest absolute Gasteiger partial charge is 0.422 e. The van der Waals surface area contributed by atoms with Crippen LogP contribution in [0.1, 0.15) is 109 Å². The van der Waals surface area contributed by atoms with Crippen molar-refractivity contribution in [2.24, 2.45) is 7.05 Å². The lowest BCUT2D eigenvalue weighted by Crippen LogP contribution is -2.54. The molecule has 446 valence electrons. The van der Waals surface area contributed by atoms with Gasteiger partial charge in [-0.2, -0.15) is 18.2 Å². The fraction of sp³-hybridized carbons (Fsp3) is 0.379. The van der Waals surface area contributed by atoms with Crippen LogP contribution in [0.5, 0.6) is 5.88 Å². The molecule has 27 heteroatoms. The monoisotopic (exact) mass is 1180 g/mol. The van der Waals surface area contributed by atoms with Gasteiger partial charge in [-0.15, -0.1) is 0 Å². The fourth-order valence-corrected chi connectivity index (χ4v) is 9.84. The number of fused-ring (bicyclic) bond motifs is 2. The number of alkyl halides is 3. The van der Waals surface area contributed by atoms with Crippen LogP contribution in [-0.4, -0.2) is 152 Å². The normalized spacial score (nSPS) is 15.4. The van der Waals surface area contributed by atoms with E-state index in [4.69, 9.17) is 9.47 Å². The van der Waals surface area contributed by atoms with Gasteiger partial charge in [0, 0.05) is 120 Å². The molecule has 0 aliphatic carbocycles. The molecule has 6 heterocycles. The quantitative estimate of drug-likeness (QED) is 0.0215. The van der Waals surface area contributed by atoms with E-state index in [-0.39, 0.29) is 134 Å². The molecule has 2 aromatic carbocycles. The molecule has 0 spiro atoms. The first-order chi connectivity index (χ1) is 40.5. The number of esters is 1. The Morgan fingerprint density at radius 2 is 1.47 bits per heavy atom. The van der Waals surface area contributed by atoms with E-state index in [2.05, 4.69) is 42.8 Å². The summed E-state index contributed by atoms with van der Waals surface area (Å²) < 4.78 is 53.8. The Morgan fingerprint density at radius 3 is 2.13 bits per heavy atom. The zero-order chi connectivity index (χ0) is 61.3. The molecule has 5 aromatic rings. The van der Waals surface area contributed by atoms with E-state index in [1.165, 1.54) is 30.5 Å². The number of aryl methyl sites for hydroxylation is 1. The summed E-state index contributed by atoms with van der Waals surface area (Å²) in [6, 6.07) is 11.6. The Labute approximate surface area is 483 Å². The molecule has 1 unspecified atom stereocenters. The topological polar surface area (TPSA) is 308 Å². The summed E-state index contributed by atoms with van der Waals surface area (Å²) in [5.74, 6) is -7.33. The number of rotatable bonds is 26.